The number of rotatable bonds is 5. The Bertz CT molecular complexity index is 488. The minimum atomic E-state index is -0.519. The van der Waals surface area contributed by atoms with Gasteiger partial charge in [-0.05, 0) is 13.3 Å². The maximum absolute atomic E-state index is 11.7. The predicted molar refractivity (Wildman–Crippen MR) is 71.0 cm³/mol. The minimum Gasteiger partial charge on any atom is -0.352 e. The van der Waals surface area contributed by atoms with E-state index in [4.69, 9.17) is 23.2 Å². The molecule has 100 valence electrons. The number of nitrogens with zero attached hydrogens (tertiary/aromatic N) is 2. The molecule has 1 rings (SSSR count). The molecule has 0 fully saturated rings. The summed E-state index contributed by atoms with van der Waals surface area (Å²) in [5, 5.41) is 2.56. The van der Waals surface area contributed by atoms with Crippen molar-refractivity contribution in [2.75, 3.05) is 0 Å². The van der Waals surface area contributed by atoms with E-state index >= 15 is 0 Å². The molecule has 0 radical (unpaired) electrons. The van der Waals surface area contributed by atoms with E-state index in [1.54, 1.807) is 0 Å². The molecule has 0 aliphatic rings. The summed E-state index contributed by atoms with van der Waals surface area (Å²) in [6.07, 6.45) is 3.08. The maximum atomic E-state index is 11.7. The lowest BCUT2D eigenvalue weighted by atomic mass is 10.2. The first-order valence-electron chi connectivity index (χ1n) is 5.65. The molecule has 1 N–H and O–H groups in total. The fraction of sp³-hybridized carbons (Fsp3) is 0.545. The van der Waals surface area contributed by atoms with Crippen LogP contribution < -0.4 is 10.9 Å². The third kappa shape index (κ3) is 3.99. The van der Waals surface area contributed by atoms with Crippen molar-refractivity contribution in [3.63, 3.8) is 0 Å². The maximum Gasteiger partial charge on any atom is 0.274 e. The quantitative estimate of drug-likeness (QED) is 0.842. The normalized spacial score (nSPS) is 12.2. The molecule has 0 spiro atoms. The summed E-state index contributed by atoms with van der Waals surface area (Å²) < 4.78 is 1.13. The van der Waals surface area contributed by atoms with E-state index in [1.165, 1.54) is 6.33 Å². The molecule has 0 saturated heterocycles. The van der Waals surface area contributed by atoms with Crippen molar-refractivity contribution in [1.29, 1.82) is 0 Å². The van der Waals surface area contributed by atoms with Gasteiger partial charge in [-0.15, -0.1) is 0 Å². The lowest BCUT2D eigenvalue weighted by molar-refractivity contribution is -0.122. The third-order valence-electron chi connectivity index (χ3n) is 2.38. The van der Waals surface area contributed by atoms with Crippen LogP contribution in [0.1, 0.15) is 26.7 Å². The van der Waals surface area contributed by atoms with Gasteiger partial charge < -0.3 is 5.32 Å². The molecule has 1 amide bonds. The van der Waals surface area contributed by atoms with E-state index in [1.807, 2.05) is 13.8 Å². The van der Waals surface area contributed by atoms with Crippen LogP contribution in [-0.2, 0) is 11.3 Å². The van der Waals surface area contributed by atoms with Gasteiger partial charge in [0, 0.05) is 6.04 Å². The van der Waals surface area contributed by atoms with Crippen LogP contribution in [-0.4, -0.2) is 21.5 Å². The van der Waals surface area contributed by atoms with Crippen molar-refractivity contribution in [2.45, 2.75) is 39.3 Å². The first-order chi connectivity index (χ1) is 8.45. The SMILES string of the molecule is CCCC(C)NC(=O)Cn1cnc(Cl)c(Cl)c1=O. The highest BCUT2D eigenvalue weighted by Gasteiger charge is 2.11. The molecule has 7 heteroatoms. The summed E-state index contributed by atoms with van der Waals surface area (Å²) in [5.41, 5.74) is -0.519. The topological polar surface area (TPSA) is 64.0 Å². The zero-order chi connectivity index (χ0) is 13.7. The highest BCUT2D eigenvalue weighted by Crippen LogP contribution is 2.12. The zero-order valence-electron chi connectivity index (χ0n) is 10.2. The van der Waals surface area contributed by atoms with Gasteiger partial charge in [0.05, 0.1) is 6.33 Å². The third-order valence-corrected chi connectivity index (χ3v) is 3.11. The van der Waals surface area contributed by atoms with Crippen molar-refractivity contribution in [2.24, 2.45) is 0 Å². The number of hydrogen-bond acceptors (Lipinski definition) is 3. The number of amides is 1. The van der Waals surface area contributed by atoms with Gasteiger partial charge in [-0.25, -0.2) is 4.98 Å². The van der Waals surface area contributed by atoms with Gasteiger partial charge >= 0.3 is 0 Å². The summed E-state index contributed by atoms with van der Waals surface area (Å²) in [4.78, 5) is 27.1. The van der Waals surface area contributed by atoms with Gasteiger partial charge in [0.1, 0.15) is 11.6 Å². The largest absolute Gasteiger partial charge is 0.352 e. The van der Waals surface area contributed by atoms with Gasteiger partial charge in [0.15, 0.2) is 5.15 Å². The van der Waals surface area contributed by atoms with E-state index in [0.717, 1.165) is 17.4 Å². The van der Waals surface area contributed by atoms with Crippen LogP contribution in [0.3, 0.4) is 0 Å². The number of halogens is 2. The molecule has 0 aromatic carbocycles. The average molecular weight is 292 g/mol. The van der Waals surface area contributed by atoms with Gasteiger partial charge in [-0.3, -0.25) is 14.2 Å². The molecular formula is C11H15Cl2N3O2. The number of aromatic nitrogens is 2. The lowest BCUT2D eigenvalue weighted by Gasteiger charge is -2.13. The summed E-state index contributed by atoms with van der Waals surface area (Å²) in [7, 11) is 0. The summed E-state index contributed by atoms with van der Waals surface area (Å²) in [6, 6.07) is 0.0777. The number of nitrogens with one attached hydrogen (secondary N) is 1. The first-order valence-corrected chi connectivity index (χ1v) is 6.41. The average Bonchev–Trinajstić information content (AvgIpc) is 2.30. The predicted octanol–water partition coefficient (Wildman–Crippen LogP) is 1.85. The minimum absolute atomic E-state index is 0.0577. The monoisotopic (exact) mass is 291 g/mol. The van der Waals surface area contributed by atoms with E-state index in [-0.39, 0.29) is 28.7 Å². The Morgan fingerprint density at radius 2 is 2.22 bits per heavy atom. The summed E-state index contributed by atoms with van der Waals surface area (Å²) >= 11 is 11.3. The first kappa shape index (κ1) is 15.0. The molecule has 0 bridgehead atoms. The fourth-order valence-electron chi connectivity index (χ4n) is 1.54. The summed E-state index contributed by atoms with van der Waals surface area (Å²) in [6.45, 7) is 3.84. The van der Waals surface area contributed by atoms with Crippen LogP contribution in [0.25, 0.3) is 0 Å². The fourth-order valence-corrected chi connectivity index (χ4v) is 1.82. The van der Waals surface area contributed by atoms with Crippen LogP contribution in [0.5, 0.6) is 0 Å². The molecule has 18 heavy (non-hydrogen) atoms. The van der Waals surface area contributed by atoms with Gasteiger partial charge in [0.2, 0.25) is 5.91 Å². The molecule has 1 heterocycles. The van der Waals surface area contributed by atoms with Crippen LogP contribution in [0, 0.1) is 0 Å². The Morgan fingerprint density at radius 1 is 1.56 bits per heavy atom. The van der Waals surface area contributed by atoms with Gasteiger partial charge in [0.25, 0.3) is 5.56 Å². The van der Waals surface area contributed by atoms with Crippen LogP contribution >= 0.6 is 23.2 Å². The second-order valence-electron chi connectivity index (χ2n) is 4.04. The standard InChI is InChI=1S/C11H15Cl2N3O2/c1-3-4-7(2)15-8(17)5-16-6-14-10(13)9(12)11(16)18/h6-7H,3-5H2,1-2H3,(H,15,17). The van der Waals surface area contributed by atoms with Crippen molar-refractivity contribution >= 4 is 29.1 Å². The van der Waals surface area contributed by atoms with E-state index in [0.29, 0.717) is 0 Å². The van der Waals surface area contributed by atoms with E-state index in [9.17, 15) is 9.59 Å². The van der Waals surface area contributed by atoms with Crippen LogP contribution in [0.4, 0.5) is 0 Å². The Kier molecular flexibility index (Phi) is 5.62. The van der Waals surface area contributed by atoms with E-state index in [2.05, 4.69) is 10.3 Å². The highest BCUT2D eigenvalue weighted by atomic mass is 35.5. The van der Waals surface area contributed by atoms with Gasteiger partial charge in [-0.1, -0.05) is 36.5 Å². The Morgan fingerprint density at radius 3 is 2.83 bits per heavy atom. The van der Waals surface area contributed by atoms with E-state index < -0.39 is 5.56 Å². The molecular weight excluding hydrogens is 277 g/mol. The smallest absolute Gasteiger partial charge is 0.274 e. The van der Waals surface area contributed by atoms with Gasteiger partial charge in [-0.2, -0.15) is 0 Å². The molecule has 1 aromatic heterocycles. The number of hydrogen-bond donors (Lipinski definition) is 1. The van der Waals surface area contributed by atoms with Crippen LogP contribution in [0.15, 0.2) is 11.1 Å². The lowest BCUT2D eigenvalue weighted by Crippen LogP contribution is -2.37. The Labute approximate surface area is 115 Å². The number of carbonyl (C=O) groups is 1. The van der Waals surface area contributed by atoms with Crippen molar-refractivity contribution in [3.8, 4) is 0 Å². The van der Waals surface area contributed by atoms with Crippen LogP contribution in [0.2, 0.25) is 10.2 Å². The molecule has 0 saturated carbocycles. The molecule has 5 nitrogen and oxygen atoms in total. The molecule has 1 aromatic rings. The van der Waals surface area contributed by atoms with Crippen molar-refractivity contribution in [1.82, 2.24) is 14.9 Å². The van der Waals surface area contributed by atoms with Crippen molar-refractivity contribution in [3.05, 3.63) is 26.9 Å². The Hall–Kier alpha value is -1.07. The second-order valence-corrected chi connectivity index (χ2v) is 4.78. The van der Waals surface area contributed by atoms with Crippen molar-refractivity contribution < 1.29 is 4.79 Å². The highest BCUT2D eigenvalue weighted by molar-refractivity contribution is 6.40. The number of carbonyl (C=O) groups excluding carboxylic acids is 1. The zero-order valence-corrected chi connectivity index (χ0v) is 11.8. The molecule has 1 unspecified atom stereocenters. The second kappa shape index (κ2) is 6.75. The molecule has 0 aliphatic heterocycles. The summed E-state index contributed by atoms with van der Waals surface area (Å²) in [5.74, 6) is -0.252. The Balaban J connectivity index is 2.71. The molecule has 0 aliphatic carbocycles. The molecule has 1 atom stereocenters.